The summed E-state index contributed by atoms with van der Waals surface area (Å²) in [7, 11) is 0. The smallest absolute Gasteiger partial charge is 0.0568 e. The van der Waals surface area contributed by atoms with E-state index in [0.717, 1.165) is 19.3 Å². The Kier molecular flexibility index (Phi) is 5.32. The van der Waals surface area contributed by atoms with Crippen LogP contribution in [-0.4, -0.2) is 11.2 Å². The van der Waals surface area contributed by atoms with E-state index in [0.29, 0.717) is 5.92 Å². The van der Waals surface area contributed by atoms with Gasteiger partial charge in [-0.25, -0.2) is 0 Å². The van der Waals surface area contributed by atoms with Crippen molar-refractivity contribution in [2.45, 2.75) is 39.2 Å². The van der Waals surface area contributed by atoms with Crippen LogP contribution in [0.4, 0.5) is 0 Å². The minimum absolute atomic E-state index is 0.136. The zero-order valence-corrected chi connectivity index (χ0v) is 7.01. The van der Waals surface area contributed by atoms with Gasteiger partial charge in [0.05, 0.1) is 6.10 Å². The van der Waals surface area contributed by atoms with Gasteiger partial charge in [0.25, 0.3) is 0 Å². The van der Waals surface area contributed by atoms with E-state index in [1.807, 2.05) is 6.08 Å². The molecule has 10 heavy (non-hydrogen) atoms. The van der Waals surface area contributed by atoms with Gasteiger partial charge in [0.1, 0.15) is 0 Å². The predicted octanol–water partition coefficient (Wildman–Crippen LogP) is 2.36. The molecule has 0 spiro atoms. The van der Waals surface area contributed by atoms with Crippen LogP contribution in [0.2, 0.25) is 0 Å². The number of allylic oxidation sites excluding steroid dienone is 1. The number of aliphatic hydroxyl groups excluding tert-OH is 1. The van der Waals surface area contributed by atoms with Gasteiger partial charge in [0, 0.05) is 0 Å². The molecule has 2 unspecified atom stereocenters. The van der Waals surface area contributed by atoms with Crippen LogP contribution in [0.25, 0.3) is 0 Å². The SMILES string of the molecule is C=CCC(C)C(O)CCC. The first-order valence-corrected chi connectivity index (χ1v) is 4.01. The number of rotatable bonds is 5. The van der Waals surface area contributed by atoms with Crippen LogP contribution in [-0.2, 0) is 0 Å². The summed E-state index contributed by atoms with van der Waals surface area (Å²) in [6.07, 6.45) is 4.62. The van der Waals surface area contributed by atoms with Crippen molar-refractivity contribution in [2.24, 2.45) is 5.92 Å². The lowest BCUT2D eigenvalue weighted by molar-refractivity contribution is 0.108. The van der Waals surface area contributed by atoms with E-state index in [2.05, 4.69) is 20.4 Å². The normalized spacial score (nSPS) is 16.3. The predicted molar refractivity (Wildman–Crippen MR) is 44.9 cm³/mol. The summed E-state index contributed by atoms with van der Waals surface area (Å²) in [5.41, 5.74) is 0. The van der Waals surface area contributed by atoms with Crippen molar-refractivity contribution >= 4 is 0 Å². The Balaban J connectivity index is 3.47. The topological polar surface area (TPSA) is 20.2 Å². The maximum absolute atomic E-state index is 9.40. The Labute approximate surface area is 63.8 Å². The lowest BCUT2D eigenvalue weighted by atomic mass is 9.98. The Morgan fingerprint density at radius 3 is 2.60 bits per heavy atom. The van der Waals surface area contributed by atoms with Gasteiger partial charge in [0.2, 0.25) is 0 Å². The van der Waals surface area contributed by atoms with Gasteiger partial charge in [0.15, 0.2) is 0 Å². The van der Waals surface area contributed by atoms with Crippen molar-refractivity contribution in [1.29, 1.82) is 0 Å². The van der Waals surface area contributed by atoms with Gasteiger partial charge in [-0.3, -0.25) is 0 Å². The summed E-state index contributed by atoms with van der Waals surface area (Å²) in [6.45, 7) is 7.78. The molecule has 60 valence electrons. The van der Waals surface area contributed by atoms with Crippen molar-refractivity contribution in [2.75, 3.05) is 0 Å². The molecular weight excluding hydrogens is 124 g/mol. The maximum Gasteiger partial charge on any atom is 0.0568 e. The standard InChI is InChI=1S/C9H18O/c1-4-6-8(3)9(10)7-5-2/h4,8-10H,1,5-7H2,2-3H3. The quantitative estimate of drug-likeness (QED) is 0.584. The highest BCUT2D eigenvalue weighted by molar-refractivity contribution is 4.74. The Bertz CT molecular complexity index is 88.7. The van der Waals surface area contributed by atoms with Crippen LogP contribution in [0.5, 0.6) is 0 Å². The van der Waals surface area contributed by atoms with E-state index in [-0.39, 0.29) is 6.10 Å². The van der Waals surface area contributed by atoms with Crippen molar-refractivity contribution < 1.29 is 5.11 Å². The first-order chi connectivity index (χ1) is 4.72. The number of hydrogen-bond donors (Lipinski definition) is 1. The molecule has 0 aliphatic heterocycles. The molecule has 0 radical (unpaired) electrons. The zero-order valence-electron chi connectivity index (χ0n) is 7.01. The van der Waals surface area contributed by atoms with Crippen molar-refractivity contribution in [3.05, 3.63) is 12.7 Å². The van der Waals surface area contributed by atoms with Crippen LogP contribution >= 0.6 is 0 Å². The molecule has 0 heterocycles. The maximum atomic E-state index is 9.40. The van der Waals surface area contributed by atoms with Crippen LogP contribution in [0.1, 0.15) is 33.1 Å². The lowest BCUT2D eigenvalue weighted by Gasteiger charge is -2.15. The minimum Gasteiger partial charge on any atom is -0.393 e. The summed E-state index contributed by atoms with van der Waals surface area (Å²) in [5, 5.41) is 9.40. The molecule has 0 bridgehead atoms. The van der Waals surface area contributed by atoms with Gasteiger partial charge in [-0.15, -0.1) is 6.58 Å². The number of hydrogen-bond acceptors (Lipinski definition) is 1. The Morgan fingerprint density at radius 1 is 1.60 bits per heavy atom. The average molecular weight is 142 g/mol. The molecule has 0 saturated carbocycles. The molecule has 0 aromatic carbocycles. The van der Waals surface area contributed by atoms with Crippen LogP contribution in [0.3, 0.4) is 0 Å². The lowest BCUT2D eigenvalue weighted by Crippen LogP contribution is -2.16. The third kappa shape index (κ3) is 3.67. The third-order valence-corrected chi connectivity index (χ3v) is 1.78. The molecule has 0 aliphatic carbocycles. The van der Waals surface area contributed by atoms with Gasteiger partial charge in [-0.2, -0.15) is 0 Å². The van der Waals surface area contributed by atoms with Crippen LogP contribution < -0.4 is 0 Å². The van der Waals surface area contributed by atoms with Crippen molar-refractivity contribution in [1.82, 2.24) is 0 Å². The highest BCUT2D eigenvalue weighted by Gasteiger charge is 2.10. The fourth-order valence-electron chi connectivity index (χ4n) is 1.00. The van der Waals surface area contributed by atoms with E-state index < -0.39 is 0 Å². The second kappa shape index (κ2) is 5.48. The van der Waals surface area contributed by atoms with Crippen molar-refractivity contribution in [3.63, 3.8) is 0 Å². The summed E-state index contributed by atoms with van der Waals surface area (Å²) in [6, 6.07) is 0. The Morgan fingerprint density at radius 2 is 2.20 bits per heavy atom. The van der Waals surface area contributed by atoms with Crippen molar-refractivity contribution in [3.8, 4) is 0 Å². The van der Waals surface area contributed by atoms with Gasteiger partial charge < -0.3 is 5.11 Å². The van der Waals surface area contributed by atoms with Crippen LogP contribution in [0, 0.1) is 5.92 Å². The molecule has 1 nitrogen and oxygen atoms in total. The van der Waals surface area contributed by atoms with Gasteiger partial charge in [-0.1, -0.05) is 26.3 Å². The van der Waals surface area contributed by atoms with Crippen LogP contribution in [0.15, 0.2) is 12.7 Å². The first-order valence-electron chi connectivity index (χ1n) is 4.01. The van der Waals surface area contributed by atoms with E-state index in [1.54, 1.807) is 0 Å². The average Bonchev–Trinajstić information content (AvgIpc) is 1.89. The van der Waals surface area contributed by atoms with E-state index >= 15 is 0 Å². The molecule has 0 aliphatic rings. The first kappa shape index (κ1) is 9.70. The molecule has 1 N–H and O–H groups in total. The zero-order chi connectivity index (χ0) is 7.98. The van der Waals surface area contributed by atoms with Gasteiger partial charge >= 0.3 is 0 Å². The minimum atomic E-state index is -0.136. The molecule has 0 fully saturated rings. The summed E-state index contributed by atoms with van der Waals surface area (Å²) >= 11 is 0. The summed E-state index contributed by atoms with van der Waals surface area (Å²) in [5.74, 6) is 0.373. The van der Waals surface area contributed by atoms with E-state index in [4.69, 9.17) is 0 Å². The molecule has 0 rings (SSSR count). The number of aliphatic hydroxyl groups is 1. The fourth-order valence-corrected chi connectivity index (χ4v) is 1.00. The Hall–Kier alpha value is -0.300. The molecule has 0 aromatic rings. The summed E-state index contributed by atoms with van der Waals surface area (Å²) in [4.78, 5) is 0. The molecule has 2 atom stereocenters. The van der Waals surface area contributed by atoms with Gasteiger partial charge in [-0.05, 0) is 18.8 Å². The molecular formula is C9H18O. The monoisotopic (exact) mass is 142 g/mol. The van der Waals surface area contributed by atoms with E-state index in [9.17, 15) is 5.11 Å². The molecule has 0 aromatic heterocycles. The summed E-state index contributed by atoms with van der Waals surface area (Å²) < 4.78 is 0. The van der Waals surface area contributed by atoms with E-state index in [1.165, 1.54) is 0 Å². The molecule has 1 heteroatoms. The second-order valence-electron chi connectivity index (χ2n) is 2.86. The fraction of sp³-hybridized carbons (Fsp3) is 0.778. The molecule has 0 saturated heterocycles. The largest absolute Gasteiger partial charge is 0.393 e. The molecule has 0 amide bonds. The second-order valence-corrected chi connectivity index (χ2v) is 2.86. The highest BCUT2D eigenvalue weighted by Crippen LogP contribution is 2.12. The third-order valence-electron chi connectivity index (χ3n) is 1.78. The highest BCUT2D eigenvalue weighted by atomic mass is 16.3.